The molecule has 4 heterocycles. The van der Waals surface area contributed by atoms with Crippen LogP contribution in [0.15, 0.2) is 41.3 Å². The smallest absolute Gasteiger partial charge is 0.258 e. The first-order valence-corrected chi connectivity index (χ1v) is 11.8. The van der Waals surface area contributed by atoms with Crippen molar-refractivity contribution in [3.63, 3.8) is 0 Å². The molecule has 0 saturated heterocycles. The van der Waals surface area contributed by atoms with Crippen LogP contribution in [0, 0.1) is 0 Å². The molecule has 0 amide bonds. The highest BCUT2D eigenvalue weighted by Gasteiger charge is 2.45. The van der Waals surface area contributed by atoms with E-state index < -0.39 is 0 Å². The average Bonchev–Trinajstić information content (AvgIpc) is 3.26. The first-order valence-electron chi connectivity index (χ1n) is 11.4. The van der Waals surface area contributed by atoms with Crippen LogP contribution in [-0.2, 0) is 12.0 Å². The Balaban J connectivity index is 1.40. The van der Waals surface area contributed by atoms with Gasteiger partial charge in [0, 0.05) is 36.8 Å². The van der Waals surface area contributed by atoms with Gasteiger partial charge in [0.1, 0.15) is 18.9 Å². The van der Waals surface area contributed by atoms with Crippen LogP contribution in [0.25, 0.3) is 5.65 Å². The Kier molecular flexibility index (Phi) is 4.70. The van der Waals surface area contributed by atoms with Crippen molar-refractivity contribution in [3.05, 3.63) is 68.7 Å². The molecule has 6 nitrogen and oxygen atoms in total. The van der Waals surface area contributed by atoms with Gasteiger partial charge in [-0.2, -0.15) is 0 Å². The van der Waals surface area contributed by atoms with E-state index in [0.717, 1.165) is 23.7 Å². The Morgan fingerprint density at radius 1 is 1.12 bits per heavy atom. The summed E-state index contributed by atoms with van der Waals surface area (Å²) in [5, 5.41) is 0.521. The second-order valence-electron chi connectivity index (χ2n) is 9.31. The molecule has 1 fully saturated rings. The molecule has 1 atom stereocenters. The van der Waals surface area contributed by atoms with Gasteiger partial charge in [0.25, 0.3) is 5.56 Å². The Morgan fingerprint density at radius 3 is 2.66 bits per heavy atom. The number of ether oxygens (including phenoxy) is 2. The Hall–Kier alpha value is -2.57. The molecule has 0 bridgehead atoms. The van der Waals surface area contributed by atoms with Crippen LogP contribution in [0.2, 0.25) is 5.02 Å². The molecule has 0 N–H and O–H groups in total. The number of fused-ring (bicyclic) bond motifs is 4. The summed E-state index contributed by atoms with van der Waals surface area (Å²) in [5.74, 6) is 1.72. The van der Waals surface area contributed by atoms with Gasteiger partial charge in [-0.1, -0.05) is 24.4 Å². The predicted octanol–water partition coefficient (Wildman–Crippen LogP) is 4.51. The van der Waals surface area contributed by atoms with Gasteiger partial charge in [-0.25, -0.2) is 4.98 Å². The van der Waals surface area contributed by atoms with E-state index in [1.54, 1.807) is 24.4 Å². The first-order chi connectivity index (χ1) is 15.5. The van der Waals surface area contributed by atoms with Crippen LogP contribution in [0.1, 0.15) is 55.5 Å². The average molecular weight is 452 g/mol. The van der Waals surface area contributed by atoms with Gasteiger partial charge in [0.15, 0.2) is 11.5 Å². The number of nitrogens with zero attached hydrogens (tertiary/aromatic N) is 3. The number of halogens is 1. The minimum atomic E-state index is -0.104. The molecule has 1 aromatic carbocycles. The minimum Gasteiger partial charge on any atom is -0.486 e. The van der Waals surface area contributed by atoms with Crippen molar-refractivity contribution < 1.29 is 9.47 Å². The zero-order chi connectivity index (χ0) is 21.9. The standard InChI is InChI=1S/C25H26ClN3O3/c1-16-19-11-21-22(32-9-8-31-21)12-20(19)25(6-2-3-7-25)15-28(16)14-18-10-24(30)29-13-17(26)4-5-23(29)27-18/h4-5,10-13,16H,2-3,6-9,14-15H2,1H3. The lowest BCUT2D eigenvalue weighted by Gasteiger charge is -2.46. The quantitative estimate of drug-likeness (QED) is 0.574. The fraction of sp³-hybridized carbons (Fsp3) is 0.440. The Bertz CT molecular complexity index is 1270. The number of benzene rings is 1. The molecule has 1 unspecified atom stereocenters. The molecule has 2 aliphatic heterocycles. The zero-order valence-corrected chi connectivity index (χ0v) is 18.9. The van der Waals surface area contributed by atoms with Crippen molar-refractivity contribution in [2.75, 3.05) is 19.8 Å². The number of rotatable bonds is 2. The molecular weight excluding hydrogens is 426 g/mol. The molecule has 6 rings (SSSR count). The van der Waals surface area contributed by atoms with E-state index in [2.05, 4.69) is 24.0 Å². The van der Waals surface area contributed by atoms with E-state index in [-0.39, 0.29) is 17.0 Å². The molecule has 3 aliphatic rings. The third-order valence-corrected chi connectivity index (χ3v) is 7.62. The molecule has 7 heteroatoms. The Morgan fingerprint density at radius 2 is 1.88 bits per heavy atom. The fourth-order valence-electron chi connectivity index (χ4n) is 5.80. The van der Waals surface area contributed by atoms with Crippen LogP contribution in [0.5, 0.6) is 11.5 Å². The molecule has 0 radical (unpaired) electrons. The van der Waals surface area contributed by atoms with Crippen LogP contribution in [-0.4, -0.2) is 34.0 Å². The highest BCUT2D eigenvalue weighted by Crippen LogP contribution is 2.52. The molecule has 1 saturated carbocycles. The van der Waals surface area contributed by atoms with Crippen molar-refractivity contribution in [1.82, 2.24) is 14.3 Å². The highest BCUT2D eigenvalue weighted by molar-refractivity contribution is 6.30. The monoisotopic (exact) mass is 451 g/mol. The van der Waals surface area contributed by atoms with Gasteiger partial charge in [0.2, 0.25) is 0 Å². The van der Waals surface area contributed by atoms with Gasteiger partial charge < -0.3 is 9.47 Å². The van der Waals surface area contributed by atoms with E-state index >= 15 is 0 Å². The topological polar surface area (TPSA) is 56.1 Å². The maximum atomic E-state index is 12.7. The number of hydrogen-bond donors (Lipinski definition) is 0. The summed E-state index contributed by atoms with van der Waals surface area (Å²) in [5.41, 5.74) is 4.16. The van der Waals surface area contributed by atoms with Crippen molar-refractivity contribution in [1.29, 1.82) is 0 Å². The number of hydrogen-bond acceptors (Lipinski definition) is 5. The Labute approximate surface area is 191 Å². The fourth-order valence-corrected chi connectivity index (χ4v) is 5.96. The zero-order valence-electron chi connectivity index (χ0n) is 18.1. The largest absolute Gasteiger partial charge is 0.486 e. The maximum Gasteiger partial charge on any atom is 0.258 e. The number of aromatic nitrogens is 2. The second-order valence-corrected chi connectivity index (χ2v) is 9.75. The molecule has 32 heavy (non-hydrogen) atoms. The first kappa shape index (κ1) is 20.1. The van der Waals surface area contributed by atoms with Crippen LogP contribution in [0.3, 0.4) is 0 Å². The van der Waals surface area contributed by atoms with E-state index in [1.807, 2.05) is 0 Å². The molecular formula is C25H26ClN3O3. The van der Waals surface area contributed by atoms with Crippen molar-refractivity contribution >= 4 is 17.2 Å². The summed E-state index contributed by atoms with van der Waals surface area (Å²) in [4.78, 5) is 19.9. The molecule has 3 aromatic rings. The number of pyridine rings is 1. The van der Waals surface area contributed by atoms with E-state index in [9.17, 15) is 4.79 Å². The summed E-state index contributed by atoms with van der Waals surface area (Å²) in [6.45, 7) is 5.02. The summed E-state index contributed by atoms with van der Waals surface area (Å²) in [6.07, 6.45) is 6.46. The molecule has 2 aromatic heterocycles. The summed E-state index contributed by atoms with van der Waals surface area (Å²) in [7, 11) is 0. The predicted molar refractivity (Wildman–Crippen MR) is 123 cm³/mol. The van der Waals surface area contributed by atoms with Crippen LogP contribution >= 0.6 is 11.6 Å². The SMILES string of the molecule is CC1c2cc3c(cc2C2(CCCC2)CN1Cc1cc(=O)n2cc(Cl)ccc2n1)OCCO3. The van der Waals surface area contributed by atoms with Crippen LogP contribution < -0.4 is 15.0 Å². The van der Waals surface area contributed by atoms with Gasteiger partial charge in [-0.3, -0.25) is 14.1 Å². The minimum absolute atomic E-state index is 0.104. The maximum absolute atomic E-state index is 12.7. The van der Waals surface area contributed by atoms with E-state index in [1.165, 1.54) is 41.2 Å². The lowest BCUT2D eigenvalue weighted by molar-refractivity contribution is 0.123. The van der Waals surface area contributed by atoms with Gasteiger partial charge in [-0.05, 0) is 55.2 Å². The third-order valence-electron chi connectivity index (χ3n) is 7.39. The second kappa shape index (κ2) is 7.49. The molecule has 166 valence electrons. The third kappa shape index (κ3) is 3.20. The normalized spacial score (nSPS) is 21.8. The van der Waals surface area contributed by atoms with Gasteiger partial charge in [0.05, 0.1) is 10.7 Å². The lowest BCUT2D eigenvalue weighted by Crippen LogP contribution is -2.46. The van der Waals surface area contributed by atoms with Crippen molar-refractivity contribution in [2.24, 2.45) is 0 Å². The van der Waals surface area contributed by atoms with Crippen molar-refractivity contribution in [2.45, 2.75) is 50.6 Å². The molecule has 1 aliphatic carbocycles. The van der Waals surface area contributed by atoms with Crippen molar-refractivity contribution in [3.8, 4) is 11.5 Å². The lowest BCUT2D eigenvalue weighted by atomic mass is 9.71. The summed E-state index contributed by atoms with van der Waals surface area (Å²) in [6, 6.07) is 9.82. The van der Waals surface area contributed by atoms with E-state index in [0.29, 0.717) is 30.4 Å². The highest BCUT2D eigenvalue weighted by atomic mass is 35.5. The summed E-state index contributed by atoms with van der Waals surface area (Å²) >= 11 is 6.06. The van der Waals surface area contributed by atoms with E-state index in [4.69, 9.17) is 26.1 Å². The summed E-state index contributed by atoms with van der Waals surface area (Å²) < 4.78 is 13.3. The molecule has 1 spiro atoms. The van der Waals surface area contributed by atoms with Gasteiger partial charge >= 0.3 is 0 Å². The van der Waals surface area contributed by atoms with Gasteiger partial charge in [-0.15, -0.1) is 0 Å². The van der Waals surface area contributed by atoms with Crippen LogP contribution in [0.4, 0.5) is 0 Å².